The molecule has 6 heteroatoms. The predicted octanol–water partition coefficient (Wildman–Crippen LogP) is 5.52. The van der Waals surface area contributed by atoms with Crippen molar-refractivity contribution in [3.05, 3.63) is 106 Å². The summed E-state index contributed by atoms with van der Waals surface area (Å²) in [6.45, 7) is 5.45. The molecule has 1 aliphatic rings. The van der Waals surface area contributed by atoms with Gasteiger partial charge in [0.25, 0.3) is 11.7 Å². The molecule has 1 fully saturated rings. The maximum Gasteiger partial charge on any atom is 0.300 e. The summed E-state index contributed by atoms with van der Waals surface area (Å²) in [5, 5.41) is 11.2. The van der Waals surface area contributed by atoms with E-state index in [-0.39, 0.29) is 17.0 Å². The minimum Gasteiger partial charge on any atom is -0.507 e. The molecule has 1 atom stereocenters. The Morgan fingerprint density at radius 1 is 0.906 bits per heavy atom. The summed E-state index contributed by atoms with van der Waals surface area (Å²) in [6, 6.07) is 14.0. The largest absolute Gasteiger partial charge is 0.507 e. The van der Waals surface area contributed by atoms with E-state index in [4.69, 9.17) is 0 Å². The highest BCUT2D eigenvalue weighted by Gasteiger charge is 2.48. The standard InChI is InChI=1S/C26H21F2NO3/c1-14-5-4-6-17(11-14)23-22(24(30)19-12-15(2)7-8-16(19)3)25(31)26(32)29(23)21-13-18(27)9-10-20(21)28/h4-13,23,30H,1-3H3/b24-22+. The number of aliphatic hydroxyl groups is 1. The average molecular weight is 433 g/mol. The lowest BCUT2D eigenvalue weighted by molar-refractivity contribution is -0.132. The van der Waals surface area contributed by atoms with Crippen LogP contribution < -0.4 is 4.90 Å². The van der Waals surface area contributed by atoms with Crippen molar-refractivity contribution in [2.75, 3.05) is 4.90 Å². The number of Topliss-reactive ketones (excluding diaryl/α,β-unsaturated/α-hetero) is 1. The zero-order valence-corrected chi connectivity index (χ0v) is 17.8. The third-order valence-corrected chi connectivity index (χ3v) is 5.62. The quantitative estimate of drug-likeness (QED) is 0.336. The van der Waals surface area contributed by atoms with Gasteiger partial charge in [-0.15, -0.1) is 0 Å². The molecular formula is C26H21F2NO3. The number of carbonyl (C=O) groups excluding carboxylic acids is 2. The molecule has 0 spiro atoms. The van der Waals surface area contributed by atoms with Gasteiger partial charge in [0.2, 0.25) is 0 Å². The summed E-state index contributed by atoms with van der Waals surface area (Å²) in [4.78, 5) is 27.1. The number of hydrogen-bond acceptors (Lipinski definition) is 3. The van der Waals surface area contributed by atoms with Gasteiger partial charge in [0.1, 0.15) is 17.4 Å². The number of benzene rings is 3. The summed E-state index contributed by atoms with van der Waals surface area (Å²) >= 11 is 0. The van der Waals surface area contributed by atoms with Crippen LogP contribution in [0.1, 0.15) is 33.9 Å². The number of anilines is 1. The summed E-state index contributed by atoms with van der Waals surface area (Å²) in [5.74, 6) is -3.94. The van der Waals surface area contributed by atoms with E-state index >= 15 is 0 Å². The Morgan fingerprint density at radius 2 is 1.62 bits per heavy atom. The molecule has 0 radical (unpaired) electrons. The first-order chi connectivity index (χ1) is 15.2. The van der Waals surface area contributed by atoms with Gasteiger partial charge in [-0.2, -0.15) is 0 Å². The van der Waals surface area contributed by atoms with E-state index in [0.717, 1.165) is 34.2 Å². The Labute approximate surface area is 184 Å². The van der Waals surface area contributed by atoms with E-state index in [2.05, 4.69) is 0 Å². The van der Waals surface area contributed by atoms with E-state index < -0.39 is 29.4 Å². The second-order valence-electron chi connectivity index (χ2n) is 8.00. The van der Waals surface area contributed by atoms with Crippen molar-refractivity contribution in [1.82, 2.24) is 0 Å². The number of nitrogens with zero attached hydrogens (tertiary/aromatic N) is 1. The van der Waals surface area contributed by atoms with Crippen molar-refractivity contribution < 1.29 is 23.5 Å². The van der Waals surface area contributed by atoms with Gasteiger partial charge in [-0.1, -0.05) is 47.5 Å². The molecule has 4 nitrogen and oxygen atoms in total. The van der Waals surface area contributed by atoms with Crippen LogP contribution in [0.25, 0.3) is 5.76 Å². The first-order valence-electron chi connectivity index (χ1n) is 10.1. The van der Waals surface area contributed by atoms with Crippen LogP contribution in [0.2, 0.25) is 0 Å². The lowest BCUT2D eigenvalue weighted by Gasteiger charge is -2.26. The second kappa shape index (κ2) is 8.04. The molecule has 1 N–H and O–H groups in total. The third kappa shape index (κ3) is 3.58. The molecule has 3 aromatic carbocycles. The van der Waals surface area contributed by atoms with Crippen LogP contribution in [0.3, 0.4) is 0 Å². The number of rotatable bonds is 3. The maximum atomic E-state index is 14.7. The Hall–Kier alpha value is -3.80. The van der Waals surface area contributed by atoms with Gasteiger partial charge in [0.15, 0.2) is 0 Å². The Balaban J connectivity index is 2.03. The highest BCUT2D eigenvalue weighted by molar-refractivity contribution is 6.51. The van der Waals surface area contributed by atoms with Crippen molar-refractivity contribution >= 4 is 23.1 Å². The Kier molecular flexibility index (Phi) is 5.38. The number of aryl methyl sites for hydroxylation is 3. The van der Waals surface area contributed by atoms with Crippen LogP contribution in [-0.2, 0) is 9.59 Å². The normalized spacial score (nSPS) is 17.8. The van der Waals surface area contributed by atoms with Gasteiger partial charge in [-0.3, -0.25) is 14.5 Å². The van der Waals surface area contributed by atoms with Crippen molar-refractivity contribution in [3.8, 4) is 0 Å². The molecule has 4 rings (SSSR count). The topological polar surface area (TPSA) is 57.6 Å². The molecule has 1 aliphatic heterocycles. The molecule has 1 saturated heterocycles. The monoisotopic (exact) mass is 433 g/mol. The summed E-state index contributed by atoms with van der Waals surface area (Å²) in [6.07, 6.45) is 0. The minimum atomic E-state index is -1.12. The van der Waals surface area contributed by atoms with Crippen LogP contribution in [-0.4, -0.2) is 16.8 Å². The molecule has 1 heterocycles. The van der Waals surface area contributed by atoms with Crippen LogP contribution >= 0.6 is 0 Å². The van der Waals surface area contributed by atoms with Gasteiger partial charge < -0.3 is 5.11 Å². The summed E-state index contributed by atoms with van der Waals surface area (Å²) < 4.78 is 28.7. The Morgan fingerprint density at radius 3 is 2.34 bits per heavy atom. The van der Waals surface area contributed by atoms with Crippen molar-refractivity contribution in [2.24, 2.45) is 0 Å². The van der Waals surface area contributed by atoms with Gasteiger partial charge in [0, 0.05) is 11.6 Å². The molecule has 0 bridgehead atoms. The molecule has 1 unspecified atom stereocenters. The fourth-order valence-corrected chi connectivity index (χ4v) is 4.04. The molecule has 0 saturated carbocycles. The molecule has 3 aromatic rings. The van der Waals surface area contributed by atoms with Gasteiger partial charge in [0.05, 0.1) is 17.3 Å². The first kappa shape index (κ1) is 21.4. The number of aliphatic hydroxyl groups excluding tert-OH is 1. The van der Waals surface area contributed by atoms with Gasteiger partial charge in [-0.05, 0) is 50.1 Å². The van der Waals surface area contributed by atoms with E-state index in [1.165, 1.54) is 0 Å². The maximum absolute atomic E-state index is 14.7. The number of ketones is 1. The second-order valence-corrected chi connectivity index (χ2v) is 8.00. The van der Waals surface area contributed by atoms with Crippen LogP contribution in [0.4, 0.5) is 14.5 Å². The van der Waals surface area contributed by atoms with Crippen molar-refractivity contribution in [3.63, 3.8) is 0 Å². The van der Waals surface area contributed by atoms with E-state index in [0.29, 0.717) is 16.7 Å². The molecular weight excluding hydrogens is 412 g/mol. The number of amides is 1. The van der Waals surface area contributed by atoms with Crippen LogP contribution in [0, 0.1) is 32.4 Å². The molecule has 162 valence electrons. The zero-order chi connectivity index (χ0) is 23.2. The fourth-order valence-electron chi connectivity index (χ4n) is 4.04. The van der Waals surface area contributed by atoms with E-state index in [1.807, 2.05) is 26.0 Å². The van der Waals surface area contributed by atoms with Crippen molar-refractivity contribution in [2.45, 2.75) is 26.8 Å². The molecule has 1 amide bonds. The Bertz CT molecular complexity index is 1300. The summed E-state index contributed by atoms with van der Waals surface area (Å²) in [7, 11) is 0. The third-order valence-electron chi connectivity index (χ3n) is 5.62. The number of carbonyl (C=O) groups is 2. The fraction of sp³-hybridized carbons (Fsp3) is 0.154. The first-order valence-corrected chi connectivity index (χ1v) is 10.1. The van der Waals surface area contributed by atoms with Gasteiger partial charge in [-0.25, -0.2) is 8.78 Å². The van der Waals surface area contributed by atoms with E-state index in [1.54, 1.807) is 37.3 Å². The van der Waals surface area contributed by atoms with Crippen LogP contribution in [0.15, 0.2) is 66.2 Å². The lowest BCUT2D eigenvalue weighted by Crippen LogP contribution is -2.30. The smallest absolute Gasteiger partial charge is 0.300 e. The van der Waals surface area contributed by atoms with Crippen LogP contribution in [0.5, 0.6) is 0 Å². The molecule has 0 aromatic heterocycles. The average Bonchev–Trinajstić information content (AvgIpc) is 3.02. The molecule has 0 aliphatic carbocycles. The van der Waals surface area contributed by atoms with Crippen molar-refractivity contribution in [1.29, 1.82) is 0 Å². The minimum absolute atomic E-state index is 0.169. The zero-order valence-electron chi connectivity index (χ0n) is 17.8. The predicted molar refractivity (Wildman–Crippen MR) is 118 cm³/mol. The van der Waals surface area contributed by atoms with Gasteiger partial charge >= 0.3 is 0 Å². The highest BCUT2D eigenvalue weighted by Crippen LogP contribution is 2.43. The SMILES string of the molecule is Cc1cccc(C2/C(=C(\O)c3cc(C)ccc3C)C(=O)C(=O)N2c2cc(F)ccc2F)c1. The number of hydrogen-bond donors (Lipinski definition) is 1. The lowest BCUT2D eigenvalue weighted by atomic mass is 9.92. The highest BCUT2D eigenvalue weighted by atomic mass is 19.1. The molecule has 32 heavy (non-hydrogen) atoms. The summed E-state index contributed by atoms with van der Waals surface area (Å²) in [5.41, 5.74) is 2.78. The number of halogens is 2. The van der Waals surface area contributed by atoms with E-state index in [9.17, 15) is 23.5 Å².